The summed E-state index contributed by atoms with van der Waals surface area (Å²) in [5.74, 6) is 0.0999. The highest BCUT2D eigenvalue weighted by atomic mass is 79.9. The first kappa shape index (κ1) is 14.7. The van der Waals surface area contributed by atoms with Gasteiger partial charge in [-0.1, -0.05) is 17.7 Å². The zero-order valence-electron chi connectivity index (χ0n) is 10.4. The summed E-state index contributed by atoms with van der Waals surface area (Å²) >= 11 is 9.34. The molecule has 0 saturated heterocycles. The van der Waals surface area contributed by atoms with Crippen molar-refractivity contribution in [2.24, 2.45) is 0 Å². The van der Waals surface area contributed by atoms with E-state index < -0.39 is 5.97 Å². The fourth-order valence-electron chi connectivity index (χ4n) is 1.58. The smallest absolute Gasteiger partial charge is 0.339 e. The SMILES string of the molecule is COc1ccc(Oc2c(Cl)cccc2C(=O)O)c(Br)c1. The fourth-order valence-corrected chi connectivity index (χ4v) is 2.23. The van der Waals surface area contributed by atoms with Gasteiger partial charge < -0.3 is 14.6 Å². The molecule has 0 unspecified atom stereocenters. The van der Waals surface area contributed by atoms with Crippen LogP contribution in [0.4, 0.5) is 0 Å². The summed E-state index contributed by atoms with van der Waals surface area (Å²) in [4.78, 5) is 11.2. The summed E-state index contributed by atoms with van der Waals surface area (Å²) in [5.41, 5.74) is 0.000202. The van der Waals surface area contributed by atoms with E-state index in [4.69, 9.17) is 26.2 Å². The van der Waals surface area contributed by atoms with Crippen LogP contribution in [-0.2, 0) is 0 Å². The highest BCUT2D eigenvalue weighted by molar-refractivity contribution is 9.10. The molecule has 20 heavy (non-hydrogen) atoms. The number of methoxy groups -OCH3 is 1. The topological polar surface area (TPSA) is 55.8 Å². The van der Waals surface area contributed by atoms with Gasteiger partial charge in [0.2, 0.25) is 0 Å². The normalized spacial score (nSPS) is 10.2. The van der Waals surface area contributed by atoms with E-state index in [1.54, 1.807) is 37.4 Å². The van der Waals surface area contributed by atoms with Crippen molar-refractivity contribution in [3.05, 3.63) is 51.5 Å². The van der Waals surface area contributed by atoms with Gasteiger partial charge in [0.1, 0.15) is 17.1 Å². The van der Waals surface area contributed by atoms with E-state index in [9.17, 15) is 4.79 Å². The Morgan fingerprint density at radius 2 is 2.05 bits per heavy atom. The van der Waals surface area contributed by atoms with Gasteiger partial charge in [-0.2, -0.15) is 0 Å². The van der Waals surface area contributed by atoms with Crippen LogP contribution in [0.2, 0.25) is 5.02 Å². The Kier molecular flexibility index (Phi) is 4.52. The second-order valence-electron chi connectivity index (χ2n) is 3.82. The predicted octanol–water partition coefficient (Wildman–Crippen LogP) is 4.60. The van der Waals surface area contributed by atoms with Gasteiger partial charge in [0, 0.05) is 0 Å². The van der Waals surface area contributed by atoms with Crippen LogP contribution >= 0.6 is 27.5 Å². The van der Waals surface area contributed by atoms with Gasteiger partial charge >= 0.3 is 5.97 Å². The maximum atomic E-state index is 11.2. The average molecular weight is 358 g/mol. The molecule has 2 rings (SSSR count). The van der Waals surface area contributed by atoms with Gasteiger partial charge in [-0.3, -0.25) is 0 Å². The molecule has 6 heteroatoms. The number of benzene rings is 2. The van der Waals surface area contributed by atoms with Gasteiger partial charge in [0.15, 0.2) is 5.75 Å². The Labute approximate surface area is 129 Å². The maximum Gasteiger partial charge on any atom is 0.339 e. The highest BCUT2D eigenvalue weighted by Crippen LogP contribution is 2.37. The van der Waals surface area contributed by atoms with E-state index in [0.29, 0.717) is 16.0 Å². The molecule has 0 spiro atoms. The van der Waals surface area contributed by atoms with E-state index in [0.717, 1.165) is 0 Å². The van der Waals surface area contributed by atoms with Crippen molar-refractivity contribution in [1.82, 2.24) is 0 Å². The number of hydrogen-bond acceptors (Lipinski definition) is 3. The molecule has 4 nitrogen and oxygen atoms in total. The van der Waals surface area contributed by atoms with Crippen LogP contribution in [0.5, 0.6) is 17.2 Å². The number of aromatic carboxylic acids is 1. The van der Waals surface area contributed by atoms with Crippen LogP contribution in [-0.4, -0.2) is 18.2 Å². The molecule has 0 aliphatic heterocycles. The Morgan fingerprint density at radius 3 is 2.65 bits per heavy atom. The number of rotatable bonds is 4. The summed E-state index contributed by atoms with van der Waals surface area (Å²) < 4.78 is 11.3. The summed E-state index contributed by atoms with van der Waals surface area (Å²) in [6.45, 7) is 0. The zero-order chi connectivity index (χ0) is 14.7. The molecule has 0 saturated carbocycles. The van der Waals surface area contributed by atoms with Crippen LogP contribution in [0.25, 0.3) is 0 Å². The minimum atomic E-state index is -1.10. The Morgan fingerprint density at radius 1 is 1.30 bits per heavy atom. The monoisotopic (exact) mass is 356 g/mol. The molecule has 2 aromatic rings. The molecule has 0 radical (unpaired) electrons. The Hall–Kier alpha value is -1.72. The van der Waals surface area contributed by atoms with Crippen molar-refractivity contribution < 1.29 is 19.4 Å². The van der Waals surface area contributed by atoms with Gasteiger partial charge in [0.25, 0.3) is 0 Å². The molecule has 0 aliphatic rings. The lowest BCUT2D eigenvalue weighted by Gasteiger charge is -2.12. The highest BCUT2D eigenvalue weighted by Gasteiger charge is 2.16. The lowest BCUT2D eigenvalue weighted by atomic mass is 10.2. The van der Waals surface area contributed by atoms with Crippen LogP contribution < -0.4 is 9.47 Å². The van der Waals surface area contributed by atoms with E-state index in [1.165, 1.54) is 6.07 Å². The lowest BCUT2D eigenvalue weighted by Crippen LogP contribution is -2.00. The molecule has 0 bridgehead atoms. The fraction of sp³-hybridized carbons (Fsp3) is 0.0714. The van der Waals surface area contributed by atoms with Crippen LogP contribution in [0.3, 0.4) is 0 Å². The molecular formula is C14H10BrClO4. The third-order valence-corrected chi connectivity index (χ3v) is 3.47. The molecular weight excluding hydrogens is 348 g/mol. The van der Waals surface area contributed by atoms with E-state index in [-0.39, 0.29) is 16.3 Å². The van der Waals surface area contributed by atoms with Crippen LogP contribution in [0, 0.1) is 0 Å². The van der Waals surface area contributed by atoms with Gasteiger partial charge in [-0.05, 0) is 46.3 Å². The van der Waals surface area contributed by atoms with Crippen molar-refractivity contribution in [3.8, 4) is 17.2 Å². The second-order valence-corrected chi connectivity index (χ2v) is 5.08. The predicted molar refractivity (Wildman–Crippen MR) is 79.2 cm³/mol. The minimum absolute atomic E-state index is 0.000202. The van der Waals surface area contributed by atoms with Crippen LogP contribution in [0.1, 0.15) is 10.4 Å². The number of ether oxygens (including phenoxy) is 2. The summed E-state index contributed by atoms with van der Waals surface area (Å²) in [6.07, 6.45) is 0. The number of halogens is 2. The largest absolute Gasteiger partial charge is 0.497 e. The van der Waals surface area contributed by atoms with Crippen LogP contribution in [0.15, 0.2) is 40.9 Å². The number of para-hydroxylation sites is 1. The average Bonchev–Trinajstić information content (AvgIpc) is 2.42. The third kappa shape index (κ3) is 3.05. The summed E-state index contributed by atoms with van der Waals surface area (Å²) in [5, 5.41) is 9.38. The number of carboxylic acids is 1. The first-order valence-electron chi connectivity index (χ1n) is 5.56. The Bertz CT molecular complexity index is 658. The quantitative estimate of drug-likeness (QED) is 0.868. The molecule has 1 N–H and O–H groups in total. The molecule has 0 heterocycles. The second kappa shape index (κ2) is 6.15. The Balaban J connectivity index is 2.42. The van der Waals surface area contributed by atoms with E-state index >= 15 is 0 Å². The number of carboxylic acid groups (broad SMARTS) is 1. The van der Waals surface area contributed by atoms with Crippen molar-refractivity contribution >= 4 is 33.5 Å². The van der Waals surface area contributed by atoms with E-state index in [2.05, 4.69) is 15.9 Å². The molecule has 104 valence electrons. The molecule has 2 aromatic carbocycles. The molecule has 0 atom stereocenters. The van der Waals surface area contributed by atoms with E-state index in [1.807, 2.05) is 0 Å². The lowest BCUT2D eigenvalue weighted by molar-refractivity contribution is 0.0694. The molecule has 0 aliphatic carbocycles. The van der Waals surface area contributed by atoms with Gasteiger partial charge in [-0.25, -0.2) is 4.79 Å². The molecule has 0 amide bonds. The van der Waals surface area contributed by atoms with Gasteiger partial charge in [-0.15, -0.1) is 0 Å². The third-order valence-electron chi connectivity index (χ3n) is 2.55. The van der Waals surface area contributed by atoms with Crippen molar-refractivity contribution in [2.75, 3.05) is 7.11 Å². The van der Waals surface area contributed by atoms with Crippen molar-refractivity contribution in [1.29, 1.82) is 0 Å². The molecule has 0 aromatic heterocycles. The minimum Gasteiger partial charge on any atom is -0.497 e. The van der Waals surface area contributed by atoms with Crippen molar-refractivity contribution in [2.45, 2.75) is 0 Å². The first-order valence-corrected chi connectivity index (χ1v) is 6.73. The van der Waals surface area contributed by atoms with Gasteiger partial charge in [0.05, 0.1) is 16.6 Å². The standard InChI is InChI=1S/C14H10BrClO4/c1-19-8-5-6-12(10(15)7-8)20-13-9(14(17)18)3-2-4-11(13)16/h2-7H,1H3,(H,17,18). The summed E-state index contributed by atoms with van der Waals surface area (Å²) in [6, 6.07) is 9.64. The number of hydrogen-bond donors (Lipinski definition) is 1. The summed E-state index contributed by atoms with van der Waals surface area (Å²) in [7, 11) is 1.55. The zero-order valence-corrected chi connectivity index (χ0v) is 12.7. The van der Waals surface area contributed by atoms with Crippen molar-refractivity contribution in [3.63, 3.8) is 0 Å². The maximum absolute atomic E-state index is 11.2. The molecule has 0 fully saturated rings. The number of carbonyl (C=O) groups is 1. The first-order chi connectivity index (χ1) is 9.52.